The molecule has 144 valence electrons. The maximum atomic E-state index is 12.5. The van der Waals surface area contributed by atoms with Gasteiger partial charge in [-0.1, -0.05) is 19.9 Å². The molecule has 2 atom stereocenters. The van der Waals surface area contributed by atoms with Gasteiger partial charge in [0.2, 0.25) is 21.8 Å². The zero-order valence-corrected chi connectivity index (χ0v) is 15.8. The average Bonchev–Trinajstić information content (AvgIpc) is 2.95. The molecule has 2 rings (SSSR count). The topological polar surface area (TPSA) is 136 Å². The molecule has 1 saturated heterocycles. The Morgan fingerprint density at radius 2 is 2.08 bits per heavy atom. The number of hydrogen-bond acceptors (Lipinski definition) is 5. The van der Waals surface area contributed by atoms with Crippen LogP contribution in [-0.2, 0) is 19.6 Å². The molecule has 8 nitrogen and oxygen atoms in total. The van der Waals surface area contributed by atoms with Gasteiger partial charge >= 0.3 is 0 Å². The molecule has 5 N–H and O–H groups in total. The fourth-order valence-electron chi connectivity index (χ4n) is 3.06. The number of nitrogens with one attached hydrogen (secondary N) is 1. The van der Waals surface area contributed by atoms with E-state index >= 15 is 0 Å². The van der Waals surface area contributed by atoms with Crippen molar-refractivity contribution in [3.63, 3.8) is 0 Å². The molecule has 0 saturated carbocycles. The molecule has 2 unspecified atom stereocenters. The Bertz CT molecular complexity index is 779. The van der Waals surface area contributed by atoms with Crippen LogP contribution in [0.1, 0.15) is 26.7 Å². The monoisotopic (exact) mass is 382 g/mol. The minimum atomic E-state index is -3.86. The molecule has 0 aromatic heterocycles. The standard InChI is InChI=1S/C17H26N4O4S/c1-11(2)6-13(9-18)20-17(23)12-7-16(22)21(10-12)14-4-3-5-15(8-14)26(19,24)25/h3-5,8,11-13H,6-7,9-10,18H2,1-2H3,(H,20,23)(H2,19,24,25). The van der Waals surface area contributed by atoms with E-state index in [4.69, 9.17) is 10.9 Å². The molecule has 9 heteroatoms. The second-order valence-electron chi connectivity index (χ2n) is 7.02. The SMILES string of the molecule is CC(C)CC(CN)NC(=O)C1CC(=O)N(c2cccc(S(N)(=O)=O)c2)C1. The second-order valence-corrected chi connectivity index (χ2v) is 8.58. The van der Waals surface area contributed by atoms with Crippen molar-refractivity contribution in [2.45, 2.75) is 37.6 Å². The van der Waals surface area contributed by atoms with Crippen LogP contribution in [0.5, 0.6) is 0 Å². The fourth-order valence-corrected chi connectivity index (χ4v) is 3.62. The van der Waals surface area contributed by atoms with Gasteiger partial charge in [0.25, 0.3) is 0 Å². The van der Waals surface area contributed by atoms with Crippen molar-refractivity contribution in [1.29, 1.82) is 0 Å². The van der Waals surface area contributed by atoms with Crippen molar-refractivity contribution in [3.8, 4) is 0 Å². The molecule has 0 aliphatic carbocycles. The van der Waals surface area contributed by atoms with E-state index < -0.39 is 15.9 Å². The van der Waals surface area contributed by atoms with Crippen LogP contribution in [-0.4, -0.2) is 39.4 Å². The number of amides is 2. The van der Waals surface area contributed by atoms with Crippen molar-refractivity contribution < 1.29 is 18.0 Å². The van der Waals surface area contributed by atoms with Gasteiger partial charge < -0.3 is 16.0 Å². The summed E-state index contributed by atoms with van der Waals surface area (Å²) in [6.07, 6.45) is 0.841. The molecule has 0 spiro atoms. The Morgan fingerprint density at radius 1 is 1.38 bits per heavy atom. The van der Waals surface area contributed by atoms with Gasteiger partial charge in [0.1, 0.15) is 0 Å². The number of benzene rings is 1. The summed E-state index contributed by atoms with van der Waals surface area (Å²) < 4.78 is 23.0. The fraction of sp³-hybridized carbons (Fsp3) is 0.529. The third-order valence-corrected chi connectivity index (χ3v) is 5.25. The van der Waals surface area contributed by atoms with Crippen molar-refractivity contribution in [2.24, 2.45) is 22.7 Å². The molecule has 1 aliphatic rings. The molecule has 1 heterocycles. The van der Waals surface area contributed by atoms with Crippen LogP contribution < -0.4 is 21.1 Å². The van der Waals surface area contributed by atoms with Crippen molar-refractivity contribution in [2.75, 3.05) is 18.0 Å². The van der Waals surface area contributed by atoms with Crippen molar-refractivity contribution in [3.05, 3.63) is 24.3 Å². The summed E-state index contributed by atoms with van der Waals surface area (Å²) in [6.45, 7) is 4.63. The Morgan fingerprint density at radius 3 is 2.65 bits per heavy atom. The van der Waals surface area contributed by atoms with Gasteiger partial charge in [-0.2, -0.15) is 0 Å². The minimum absolute atomic E-state index is 0.0733. The highest BCUT2D eigenvalue weighted by Gasteiger charge is 2.36. The maximum absolute atomic E-state index is 12.5. The van der Waals surface area contributed by atoms with E-state index in [9.17, 15) is 18.0 Å². The summed E-state index contributed by atoms with van der Waals surface area (Å²) in [4.78, 5) is 26.1. The molecular formula is C17H26N4O4S. The van der Waals surface area contributed by atoms with Gasteiger partial charge in [0.05, 0.1) is 10.8 Å². The quantitative estimate of drug-likeness (QED) is 0.618. The van der Waals surface area contributed by atoms with E-state index in [2.05, 4.69) is 5.32 Å². The first-order valence-corrected chi connectivity index (χ1v) is 10.1. The lowest BCUT2D eigenvalue weighted by Crippen LogP contribution is -2.44. The van der Waals surface area contributed by atoms with Gasteiger partial charge in [-0.05, 0) is 30.5 Å². The van der Waals surface area contributed by atoms with E-state index in [1.165, 1.54) is 23.1 Å². The van der Waals surface area contributed by atoms with E-state index in [1.54, 1.807) is 6.07 Å². The number of rotatable bonds is 7. The van der Waals surface area contributed by atoms with Gasteiger partial charge in [-0.3, -0.25) is 9.59 Å². The number of primary sulfonamides is 1. The molecule has 2 amide bonds. The minimum Gasteiger partial charge on any atom is -0.352 e. The van der Waals surface area contributed by atoms with Crippen molar-refractivity contribution >= 4 is 27.5 Å². The predicted octanol–water partition coefficient (Wildman–Crippen LogP) is 0.177. The highest BCUT2D eigenvalue weighted by molar-refractivity contribution is 7.89. The maximum Gasteiger partial charge on any atom is 0.238 e. The molecule has 1 fully saturated rings. The Hall–Kier alpha value is -1.97. The van der Waals surface area contributed by atoms with Crippen LogP contribution >= 0.6 is 0 Å². The summed E-state index contributed by atoms with van der Waals surface area (Å²) in [5, 5.41) is 8.05. The predicted molar refractivity (Wildman–Crippen MR) is 98.7 cm³/mol. The molecular weight excluding hydrogens is 356 g/mol. The Kier molecular flexibility index (Phi) is 6.38. The van der Waals surface area contributed by atoms with Crippen LogP contribution in [0.25, 0.3) is 0 Å². The van der Waals surface area contributed by atoms with E-state index in [0.29, 0.717) is 18.2 Å². The lowest BCUT2D eigenvalue weighted by molar-refractivity contribution is -0.127. The van der Waals surface area contributed by atoms with Crippen molar-refractivity contribution in [1.82, 2.24) is 5.32 Å². The summed E-state index contributed by atoms with van der Waals surface area (Å²) in [5.41, 5.74) is 6.12. The normalized spacial score (nSPS) is 19.0. The summed E-state index contributed by atoms with van der Waals surface area (Å²) in [5.74, 6) is -0.544. The zero-order chi connectivity index (χ0) is 19.5. The number of nitrogens with zero attached hydrogens (tertiary/aromatic N) is 1. The Balaban J connectivity index is 2.10. The molecule has 0 bridgehead atoms. The average molecular weight is 382 g/mol. The first-order valence-electron chi connectivity index (χ1n) is 8.55. The number of hydrogen-bond donors (Lipinski definition) is 3. The third-order valence-electron chi connectivity index (χ3n) is 4.34. The lowest BCUT2D eigenvalue weighted by Gasteiger charge is -2.21. The highest BCUT2D eigenvalue weighted by Crippen LogP contribution is 2.27. The molecule has 0 radical (unpaired) electrons. The molecule has 26 heavy (non-hydrogen) atoms. The molecule has 1 aromatic rings. The first kappa shape index (κ1) is 20.3. The van der Waals surface area contributed by atoms with Crippen LogP contribution in [0.3, 0.4) is 0 Å². The van der Waals surface area contributed by atoms with Gasteiger partial charge in [-0.25, -0.2) is 13.6 Å². The molecule has 1 aliphatic heterocycles. The van der Waals surface area contributed by atoms with Gasteiger partial charge in [-0.15, -0.1) is 0 Å². The van der Waals surface area contributed by atoms with E-state index in [0.717, 1.165) is 6.42 Å². The van der Waals surface area contributed by atoms with Gasteiger partial charge in [0.15, 0.2) is 0 Å². The number of carbonyl (C=O) groups is 2. The lowest BCUT2D eigenvalue weighted by atomic mass is 10.0. The summed E-state index contributed by atoms with van der Waals surface area (Å²) in [7, 11) is -3.86. The van der Waals surface area contributed by atoms with Crippen LogP contribution in [0.15, 0.2) is 29.2 Å². The zero-order valence-electron chi connectivity index (χ0n) is 15.0. The van der Waals surface area contributed by atoms with E-state index in [1.807, 2.05) is 13.8 Å². The summed E-state index contributed by atoms with van der Waals surface area (Å²) in [6, 6.07) is 5.71. The smallest absolute Gasteiger partial charge is 0.238 e. The van der Waals surface area contributed by atoms with E-state index in [-0.39, 0.29) is 35.7 Å². The Labute approximate surface area is 154 Å². The number of sulfonamides is 1. The number of anilines is 1. The number of nitrogens with two attached hydrogens (primary N) is 2. The first-order chi connectivity index (χ1) is 12.1. The van der Waals surface area contributed by atoms with Crippen LogP contribution in [0.4, 0.5) is 5.69 Å². The van der Waals surface area contributed by atoms with Crippen LogP contribution in [0, 0.1) is 11.8 Å². The van der Waals surface area contributed by atoms with Crippen LogP contribution in [0.2, 0.25) is 0 Å². The third kappa shape index (κ3) is 5.03. The second kappa shape index (κ2) is 8.15. The van der Waals surface area contributed by atoms with Gasteiger partial charge in [0, 0.05) is 31.2 Å². The number of carbonyl (C=O) groups excluding carboxylic acids is 2. The summed E-state index contributed by atoms with van der Waals surface area (Å²) >= 11 is 0. The largest absolute Gasteiger partial charge is 0.352 e. The molecule has 1 aromatic carbocycles. The highest BCUT2D eigenvalue weighted by atomic mass is 32.2.